The molecule has 1 aromatic rings. The smallest absolute Gasteiger partial charge is 0.269 e. The number of aliphatic hydroxyl groups excluding tert-OH is 3. The van der Waals surface area contributed by atoms with E-state index in [0.717, 1.165) is 0 Å². The summed E-state index contributed by atoms with van der Waals surface area (Å²) in [7, 11) is 0. The van der Waals surface area contributed by atoms with Crippen molar-refractivity contribution in [2.75, 3.05) is 6.61 Å². The highest BCUT2D eigenvalue weighted by molar-refractivity contribution is 5.73. The number of carbonyl (C=O) groups excluding carboxylic acids is 1. The van der Waals surface area contributed by atoms with E-state index in [1.807, 2.05) is 0 Å². The molecule has 4 N–H and O–H groups in total. The third-order valence-corrected chi connectivity index (χ3v) is 3.55. The van der Waals surface area contributed by atoms with Crippen molar-refractivity contribution in [1.82, 2.24) is 5.32 Å². The molecule has 0 spiro atoms. The summed E-state index contributed by atoms with van der Waals surface area (Å²) < 4.78 is 10.9. The molecule has 2 rings (SSSR count). The van der Waals surface area contributed by atoms with Gasteiger partial charge in [-0.2, -0.15) is 0 Å². The fourth-order valence-corrected chi connectivity index (χ4v) is 2.35. The highest BCUT2D eigenvalue weighted by atomic mass is 16.7. The summed E-state index contributed by atoms with van der Waals surface area (Å²) in [6, 6.07) is 4.02. The summed E-state index contributed by atoms with van der Waals surface area (Å²) in [5.41, 5.74) is -0.131. The average molecular weight is 342 g/mol. The van der Waals surface area contributed by atoms with Crippen LogP contribution in [0.1, 0.15) is 6.92 Å². The van der Waals surface area contributed by atoms with Gasteiger partial charge in [0.1, 0.15) is 30.1 Å². The van der Waals surface area contributed by atoms with Crippen LogP contribution >= 0.6 is 0 Å². The fourth-order valence-electron chi connectivity index (χ4n) is 2.35. The zero-order valence-corrected chi connectivity index (χ0v) is 12.7. The van der Waals surface area contributed by atoms with Crippen LogP contribution in [0.4, 0.5) is 5.69 Å². The lowest BCUT2D eigenvalue weighted by molar-refractivity contribution is -0.384. The molecule has 132 valence electrons. The predicted octanol–water partition coefficient (Wildman–Crippen LogP) is -1.08. The zero-order valence-electron chi connectivity index (χ0n) is 12.7. The van der Waals surface area contributed by atoms with E-state index in [1.54, 1.807) is 0 Å². The number of hydrogen-bond donors (Lipinski definition) is 4. The summed E-state index contributed by atoms with van der Waals surface area (Å²) in [4.78, 5) is 21.4. The first-order chi connectivity index (χ1) is 11.3. The Hall–Kier alpha value is -2.27. The molecule has 5 atom stereocenters. The monoisotopic (exact) mass is 342 g/mol. The summed E-state index contributed by atoms with van der Waals surface area (Å²) >= 11 is 0. The second-order valence-electron chi connectivity index (χ2n) is 5.30. The lowest BCUT2D eigenvalue weighted by Gasteiger charge is -2.42. The quantitative estimate of drug-likeness (QED) is 0.389. The Morgan fingerprint density at radius 2 is 1.96 bits per heavy atom. The molecule has 1 heterocycles. The average Bonchev–Trinajstić information content (AvgIpc) is 2.54. The van der Waals surface area contributed by atoms with E-state index < -0.39 is 48.1 Å². The summed E-state index contributed by atoms with van der Waals surface area (Å²) in [5, 5.41) is 42.3. The van der Waals surface area contributed by atoms with Gasteiger partial charge in [-0.15, -0.1) is 0 Å². The lowest BCUT2D eigenvalue weighted by atomic mass is 9.97. The van der Waals surface area contributed by atoms with Gasteiger partial charge in [0.25, 0.3) is 5.69 Å². The molecule has 0 aromatic heterocycles. The highest BCUT2D eigenvalue weighted by Gasteiger charge is 2.46. The maximum atomic E-state index is 11.3. The first kappa shape index (κ1) is 18.1. The normalized spacial score (nSPS) is 29.8. The van der Waals surface area contributed by atoms with Gasteiger partial charge in [0.15, 0.2) is 0 Å². The molecule has 10 nitrogen and oxygen atoms in total. The Bertz CT molecular complexity index is 593. The fraction of sp³-hybridized carbons (Fsp3) is 0.500. The summed E-state index contributed by atoms with van der Waals surface area (Å²) in [5.74, 6) is -0.282. The minimum atomic E-state index is -1.43. The Kier molecular flexibility index (Phi) is 5.67. The predicted molar refractivity (Wildman–Crippen MR) is 79.1 cm³/mol. The van der Waals surface area contributed by atoms with Crippen LogP contribution in [0.15, 0.2) is 24.3 Å². The second-order valence-corrected chi connectivity index (χ2v) is 5.30. The van der Waals surface area contributed by atoms with E-state index in [1.165, 1.54) is 31.2 Å². The largest absolute Gasteiger partial charge is 0.463 e. The van der Waals surface area contributed by atoms with Crippen molar-refractivity contribution < 1.29 is 34.5 Å². The standard InChI is InChI=1S/C14H18N2O8/c1-7(18)15-11-13(20)12(19)10(6-17)24-14(11)23-9-4-2-8(3-5-9)16(21)22/h2-5,10-14,17,19-20H,6H2,1H3,(H,15,18)/t10-,11-,12-,13-,14+/m0/s1. The van der Waals surface area contributed by atoms with Crippen LogP contribution in [0.5, 0.6) is 5.75 Å². The minimum Gasteiger partial charge on any atom is -0.463 e. The number of nitrogens with one attached hydrogen (secondary N) is 1. The van der Waals surface area contributed by atoms with Crippen molar-refractivity contribution in [3.63, 3.8) is 0 Å². The number of nitro benzene ring substituents is 1. The SMILES string of the molecule is CC(=O)N[C@@H]1[C@H](Oc2ccc([N+](=O)[O-])cc2)O[C@@H](CO)[C@H](O)[C@H]1O. The van der Waals surface area contributed by atoms with Gasteiger partial charge in [-0.3, -0.25) is 14.9 Å². The Morgan fingerprint density at radius 3 is 2.46 bits per heavy atom. The van der Waals surface area contributed by atoms with Crippen molar-refractivity contribution in [3.05, 3.63) is 34.4 Å². The maximum absolute atomic E-state index is 11.3. The topological polar surface area (TPSA) is 151 Å². The number of ether oxygens (including phenoxy) is 2. The van der Waals surface area contributed by atoms with Crippen LogP contribution in [-0.4, -0.2) is 63.4 Å². The van der Waals surface area contributed by atoms with Gasteiger partial charge in [0, 0.05) is 19.1 Å². The Balaban J connectivity index is 2.19. The number of nitrogens with zero attached hydrogens (tertiary/aromatic N) is 1. The molecule has 0 radical (unpaired) electrons. The van der Waals surface area contributed by atoms with Crippen molar-refractivity contribution in [3.8, 4) is 5.75 Å². The zero-order chi connectivity index (χ0) is 17.9. The molecule has 0 bridgehead atoms. The Morgan fingerprint density at radius 1 is 1.33 bits per heavy atom. The third kappa shape index (κ3) is 3.97. The van der Waals surface area contributed by atoms with E-state index in [0.29, 0.717) is 0 Å². The van der Waals surface area contributed by atoms with Gasteiger partial charge in [-0.25, -0.2) is 0 Å². The first-order valence-electron chi connectivity index (χ1n) is 7.14. The number of rotatable bonds is 5. The van der Waals surface area contributed by atoms with Gasteiger partial charge >= 0.3 is 0 Å². The van der Waals surface area contributed by atoms with Crippen molar-refractivity contribution in [2.45, 2.75) is 37.6 Å². The van der Waals surface area contributed by atoms with Crippen LogP contribution in [0.25, 0.3) is 0 Å². The molecule has 1 amide bonds. The van der Waals surface area contributed by atoms with Crippen LogP contribution < -0.4 is 10.1 Å². The third-order valence-electron chi connectivity index (χ3n) is 3.55. The summed E-state index contributed by atoms with van der Waals surface area (Å²) in [6.07, 6.45) is -5.15. The maximum Gasteiger partial charge on any atom is 0.269 e. The molecular weight excluding hydrogens is 324 g/mol. The first-order valence-corrected chi connectivity index (χ1v) is 7.14. The van der Waals surface area contributed by atoms with Crippen molar-refractivity contribution >= 4 is 11.6 Å². The molecule has 1 aliphatic rings. The number of benzene rings is 1. The van der Waals surface area contributed by atoms with Crippen molar-refractivity contribution in [1.29, 1.82) is 0 Å². The molecular formula is C14H18N2O8. The lowest BCUT2D eigenvalue weighted by Crippen LogP contribution is -2.65. The van der Waals surface area contributed by atoms with E-state index in [-0.39, 0.29) is 11.4 Å². The number of hydrogen-bond acceptors (Lipinski definition) is 8. The molecule has 0 aliphatic carbocycles. The van der Waals surface area contributed by atoms with Gasteiger partial charge < -0.3 is 30.1 Å². The molecule has 1 fully saturated rings. The molecule has 24 heavy (non-hydrogen) atoms. The van der Waals surface area contributed by atoms with E-state index in [9.17, 15) is 30.2 Å². The number of aliphatic hydroxyl groups is 3. The van der Waals surface area contributed by atoms with Gasteiger partial charge in [-0.05, 0) is 12.1 Å². The van der Waals surface area contributed by atoms with Gasteiger partial charge in [0.05, 0.1) is 11.5 Å². The molecule has 0 unspecified atom stereocenters. The number of carbonyl (C=O) groups is 1. The van der Waals surface area contributed by atoms with E-state index in [2.05, 4.69) is 5.32 Å². The highest BCUT2D eigenvalue weighted by Crippen LogP contribution is 2.25. The van der Waals surface area contributed by atoms with Crippen LogP contribution in [0, 0.1) is 10.1 Å². The molecule has 0 saturated carbocycles. The van der Waals surface area contributed by atoms with Gasteiger partial charge in [-0.1, -0.05) is 0 Å². The summed E-state index contributed by atoms with van der Waals surface area (Å²) in [6.45, 7) is 0.658. The van der Waals surface area contributed by atoms with Crippen LogP contribution in [0.2, 0.25) is 0 Å². The molecule has 10 heteroatoms. The molecule has 1 aliphatic heterocycles. The second kappa shape index (κ2) is 7.53. The number of nitro groups is 1. The van der Waals surface area contributed by atoms with Crippen molar-refractivity contribution in [2.24, 2.45) is 0 Å². The van der Waals surface area contributed by atoms with E-state index >= 15 is 0 Å². The molecule has 1 saturated heterocycles. The van der Waals surface area contributed by atoms with Gasteiger partial charge in [0.2, 0.25) is 12.2 Å². The van der Waals surface area contributed by atoms with Crippen LogP contribution in [-0.2, 0) is 9.53 Å². The van der Waals surface area contributed by atoms with E-state index in [4.69, 9.17) is 9.47 Å². The molecule has 1 aromatic carbocycles. The van der Waals surface area contributed by atoms with Crippen LogP contribution in [0.3, 0.4) is 0 Å². The number of amides is 1. The number of non-ortho nitro benzene ring substituents is 1. The minimum absolute atomic E-state index is 0.131. The Labute approximate surface area is 136 Å².